The fourth-order valence-electron chi connectivity index (χ4n) is 6.79. The molecule has 0 fully saturated rings. The first-order valence-corrected chi connectivity index (χ1v) is 20.2. The number of anilines is 6. The lowest BCUT2D eigenvalue weighted by atomic mass is 10.1. The van der Waals surface area contributed by atoms with Crippen LogP contribution in [0.5, 0.6) is 0 Å². The summed E-state index contributed by atoms with van der Waals surface area (Å²) >= 11 is 3.52. The summed E-state index contributed by atoms with van der Waals surface area (Å²) in [6.07, 6.45) is -20.4. The van der Waals surface area contributed by atoms with E-state index in [1.165, 1.54) is 45.4 Å². The van der Waals surface area contributed by atoms with Crippen molar-refractivity contribution in [2.75, 3.05) is 9.80 Å². The molecule has 5 aromatic carbocycles. The zero-order chi connectivity index (χ0) is 43.5. The molecule has 0 aliphatic rings. The molecule has 0 spiro atoms. The smallest absolute Gasteiger partial charge is 0.301 e. The molecule has 17 heteroatoms. The van der Waals surface area contributed by atoms with E-state index in [2.05, 4.69) is 0 Å². The summed E-state index contributed by atoms with van der Waals surface area (Å²) in [4.78, 5) is 5.07. The SMILES string of the molecule is FC(F)(F)c1ccc(N(c2ccccc2)c2ccc(-c3sc(-c4ccc(N(c5ccccc5)c5ccc(C(F)(F)F)cc5C(F)(F)F)s4)c4ccccc34)s2)c(C(F)(F)F)c1. The van der Waals surface area contributed by atoms with Crippen molar-refractivity contribution >= 4 is 77.5 Å². The van der Waals surface area contributed by atoms with Crippen molar-refractivity contribution in [3.63, 3.8) is 0 Å². The minimum Gasteiger partial charge on any atom is -0.301 e. The Morgan fingerprint density at radius 3 is 1.05 bits per heavy atom. The third-order valence-corrected chi connectivity index (χ3v) is 13.2. The van der Waals surface area contributed by atoms with E-state index < -0.39 is 58.3 Å². The fraction of sp³-hybridized carbons (Fsp3) is 0.0909. The van der Waals surface area contributed by atoms with E-state index in [0.717, 1.165) is 45.6 Å². The van der Waals surface area contributed by atoms with Crippen molar-refractivity contribution in [3.8, 4) is 19.5 Å². The van der Waals surface area contributed by atoms with Gasteiger partial charge in [0, 0.05) is 31.9 Å². The van der Waals surface area contributed by atoms with Crippen LogP contribution < -0.4 is 9.80 Å². The number of hydrogen-bond acceptors (Lipinski definition) is 5. The van der Waals surface area contributed by atoms with Crippen LogP contribution in [0.25, 0.3) is 30.3 Å². The molecule has 3 heterocycles. The lowest BCUT2D eigenvalue weighted by molar-refractivity contribution is -0.144. The van der Waals surface area contributed by atoms with E-state index in [-0.39, 0.29) is 33.5 Å². The van der Waals surface area contributed by atoms with E-state index in [1.807, 2.05) is 12.1 Å². The molecule has 0 saturated heterocycles. The van der Waals surface area contributed by atoms with Crippen LogP contribution in [-0.4, -0.2) is 0 Å². The molecule has 8 rings (SSSR count). The van der Waals surface area contributed by atoms with Gasteiger partial charge in [-0.25, -0.2) is 0 Å². The second-order valence-electron chi connectivity index (χ2n) is 13.4. The lowest BCUT2D eigenvalue weighted by Crippen LogP contribution is -2.17. The molecule has 0 radical (unpaired) electrons. The maximum Gasteiger partial charge on any atom is 0.418 e. The van der Waals surface area contributed by atoms with Crippen molar-refractivity contribution in [1.82, 2.24) is 0 Å². The molecule has 8 aromatic rings. The third-order valence-electron chi connectivity index (χ3n) is 9.46. The Labute approximate surface area is 350 Å². The van der Waals surface area contributed by atoms with Gasteiger partial charge in [0.15, 0.2) is 0 Å². The highest BCUT2D eigenvalue weighted by Crippen LogP contribution is 2.54. The average Bonchev–Trinajstić information content (AvgIpc) is 3.97. The van der Waals surface area contributed by atoms with Gasteiger partial charge in [0.05, 0.1) is 43.4 Å². The van der Waals surface area contributed by atoms with Gasteiger partial charge in [-0.2, -0.15) is 52.7 Å². The molecule has 0 bridgehead atoms. The first kappa shape index (κ1) is 41.9. The second-order valence-corrected chi connectivity index (χ2v) is 16.5. The molecule has 0 N–H and O–H groups in total. The van der Waals surface area contributed by atoms with Gasteiger partial charge in [-0.05, 0) is 84.9 Å². The summed E-state index contributed by atoms with van der Waals surface area (Å²) in [5, 5.41) is 2.01. The van der Waals surface area contributed by atoms with Gasteiger partial charge < -0.3 is 9.80 Å². The summed E-state index contributed by atoms with van der Waals surface area (Å²) in [5.74, 6) is 0. The molecule has 0 aliphatic carbocycles. The number of fused-ring (bicyclic) bond motifs is 1. The molecule has 3 aromatic heterocycles. The van der Waals surface area contributed by atoms with Crippen LogP contribution in [0, 0.1) is 0 Å². The zero-order valence-corrected chi connectivity index (χ0v) is 33.0. The van der Waals surface area contributed by atoms with Crippen LogP contribution in [0.2, 0.25) is 0 Å². The van der Waals surface area contributed by atoms with Gasteiger partial charge in [-0.1, -0.05) is 60.7 Å². The highest BCUT2D eigenvalue weighted by molar-refractivity contribution is 7.29. The van der Waals surface area contributed by atoms with Crippen molar-refractivity contribution in [3.05, 3.63) is 168 Å². The minimum atomic E-state index is -5.15. The van der Waals surface area contributed by atoms with Crippen LogP contribution in [0.15, 0.2) is 146 Å². The predicted molar refractivity (Wildman–Crippen MR) is 218 cm³/mol. The average molecular weight is 905 g/mol. The summed E-state index contributed by atoms with van der Waals surface area (Å²) in [6, 6.07) is 32.5. The maximum atomic E-state index is 14.5. The van der Waals surface area contributed by atoms with Gasteiger partial charge in [0.25, 0.3) is 0 Å². The number of benzene rings is 5. The molecule has 61 heavy (non-hydrogen) atoms. The normalized spacial score (nSPS) is 12.6. The van der Waals surface area contributed by atoms with Gasteiger partial charge in [0.1, 0.15) is 10.0 Å². The Bertz CT molecular complexity index is 2640. The van der Waals surface area contributed by atoms with Gasteiger partial charge in [-0.15, -0.1) is 34.0 Å². The largest absolute Gasteiger partial charge is 0.418 e. The van der Waals surface area contributed by atoms with Crippen molar-refractivity contribution in [2.24, 2.45) is 0 Å². The van der Waals surface area contributed by atoms with E-state index in [4.69, 9.17) is 0 Å². The van der Waals surface area contributed by atoms with E-state index in [9.17, 15) is 52.7 Å². The van der Waals surface area contributed by atoms with E-state index in [1.54, 1.807) is 72.8 Å². The zero-order valence-electron chi connectivity index (χ0n) is 30.5. The molecule has 312 valence electrons. The Morgan fingerprint density at radius 1 is 0.344 bits per heavy atom. The quantitative estimate of drug-likeness (QED) is 0.140. The van der Waals surface area contributed by atoms with Crippen LogP contribution in [0.3, 0.4) is 0 Å². The summed E-state index contributed by atoms with van der Waals surface area (Å²) < 4.78 is 169. The number of nitrogens with zero attached hydrogens (tertiary/aromatic N) is 2. The number of alkyl halides is 12. The van der Waals surface area contributed by atoms with Gasteiger partial charge in [-0.3, -0.25) is 0 Å². The van der Waals surface area contributed by atoms with Crippen LogP contribution in [0.4, 0.5) is 85.4 Å². The van der Waals surface area contributed by atoms with Crippen LogP contribution in [0.1, 0.15) is 22.3 Å². The number of halogens is 12. The summed E-state index contributed by atoms with van der Waals surface area (Å²) in [5.41, 5.74) is -6.40. The molecule has 0 saturated carbocycles. The highest BCUT2D eigenvalue weighted by Gasteiger charge is 2.41. The number of thiophene rings is 3. The topological polar surface area (TPSA) is 6.48 Å². The summed E-state index contributed by atoms with van der Waals surface area (Å²) in [7, 11) is 0. The Hall–Kier alpha value is -5.78. The standard InChI is InChI=1S/C44H24F12N2S3/c45-41(46,47)25-15-17-33(31(23-25)43(51,52)53)57(27-9-3-1-4-10-27)37-21-19-35(59-37)39-29-13-7-8-14-30(29)40(61-39)36-20-22-38(60-36)58(28-11-5-2-6-12-28)34-18-16-26(42(48,49)50)24-32(34)44(54,55)56/h1-24H. The Morgan fingerprint density at radius 2 is 0.705 bits per heavy atom. The maximum absolute atomic E-state index is 14.5. The first-order valence-electron chi connectivity index (χ1n) is 17.8. The highest BCUT2D eigenvalue weighted by atomic mass is 32.1. The third kappa shape index (κ3) is 8.33. The fourth-order valence-corrected chi connectivity index (χ4v) is 10.4. The van der Waals surface area contributed by atoms with Crippen LogP contribution >= 0.6 is 34.0 Å². The molecule has 2 nitrogen and oxygen atoms in total. The molecular weight excluding hydrogens is 881 g/mol. The van der Waals surface area contributed by atoms with Gasteiger partial charge in [0.2, 0.25) is 0 Å². The molecule has 0 aliphatic heterocycles. The lowest BCUT2D eigenvalue weighted by Gasteiger charge is -2.27. The van der Waals surface area contributed by atoms with Crippen molar-refractivity contribution in [2.45, 2.75) is 24.7 Å². The van der Waals surface area contributed by atoms with E-state index >= 15 is 0 Å². The monoisotopic (exact) mass is 904 g/mol. The predicted octanol–water partition coefficient (Wildman–Crippen LogP) is 17.4. The summed E-state index contributed by atoms with van der Waals surface area (Å²) in [6.45, 7) is 0. The molecule has 0 amide bonds. The number of para-hydroxylation sites is 2. The molecular formula is C44H24F12N2S3. The Balaban J connectivity index is 1.24. The van der Waals surface area contributed by atoms with Crippen molar-refractivity contribution < 1.29 is 52.7 Å². The van der Waals surface area contributed by atoms with Crippen molar-refractivity contribution in [1.29, 1.82) is 0 Å². The Kier molecular flexibility index (Phi) is 10.7. The molecule has 0 unspecified atom stereocenters. The number of hydrogen-bond donors (Lipinski definition) is 0. The number of rotatable bonds is 8. The van der Waals surface area contributed by atoms with Crippen LogP contribution in [-0.2, 0) is 24.7 Å². The van der Waals surface area contributed by atoms with E-state index in [0.29, 0.717) is 31.6 Å². The van der Waals surface area contributed by atoms with Gasteiger partial charge >= 0.3 is 24.7 Å². The first-order chi connectivity index (χ1) is 28.8. The minimum absolute atomic E-state index is 0.0918. The molecule has 0 atom stereocenters. The second kappa shape index (κ2) is 15.6.